The van der Waals surface area contributed by atoms with Crippen molar-refractivity contribution in [1.82, 2.24) is 9.55 Å². The number of aliphatic imine (C=N–C) groups is 1. The van der Waals surface area contributed by atoms with Crippen LogP contribution in [0.3, 0.4) is 0 Å². The van der Waals surface area contributed by atoms with E-state index in [0.29, 0.717) is 11.4 Å². The van der Waals surface area contributed by atoms with Gasteiger partial charge in [0.05, 0.1) is 11.4 Å². The second kappa shape index (κ2) is 6.96. The van der Waals surface area contributed by atoms with Crippen LogP contribution in [0.2, 0.25) is 0 Å². The zero-order valence-electron chi connectivity index (χ0n) is 15.8. The number of aryl methyl sites for hydroxylation is 4. The number of nitrogens with zero attached hydrogens (tertiary/aromatic N) is 2. The zero-order chi connectivity index (χ0) is 19.8. The van der Waals surface area contributed by atoms with Crippen LogP contribution in [0.5, 0.6) is 5.88 Å². The van der Waals surface area contributed by atoms with Crippen LogP contribution in [0.1, 0.15) is 34.2 Å². The maximum Gasteiger partial charge on any atom is 0.335 e. The quantitative estimate of drug-likeness (QED) is 0.690. The lowest BCUT2D eigenvalue weighted by Gasteiger charge is -2.11. The van der Waals surface area contributed by atoms with Crippen LogP contribution in [0, 0.1) is 13.8 Å². The van der Waals surface area contributed by atoms with Crippen molar-refractivity contribution in [2.45, 2.75) is 33.1 Å². The molecule has 4 rings (SSSR count). The van der Waals surface area contributed by atoms with Gasteiger partial charge in [0.25, 0.3) is 5.56 Å². The standard InChI is InChI=1S/C22H21N3O3/c1-13-8-14(2)10-18(9-13)25-21(27)19(20(26)24-22(25)28)12-23-17-7-6-15-4-3-5-16(15)11-17/h6-12,27H,3-5H2,1-2H3,(H,24,26,28). The van der Waals surface area contributed by atoms with E-state index in [1.165, 1.54) is 17.3 Å². The van der Waals surface area contributed by atoms with E-state index in [2.05, 4.69) is 16.0 Å². The van der Waals surface area contributed by atoms with E-state index < -0.39 is 17.1 Å². The molecular weight excluding hydrogens is 354 g/mol. The summed E-state index contributed by atoms with van der Waals surface area (Å²) in [4.78, 5) is 31.2. The average Bonchev–Trinajstić information content (AvgIpc) is 3.08. The molecule has 3 aromatic rings. The lowest BCUT2D eigenvalue weighted by atomic mass is 10.1. The van der Waals surface area contributed by atoms with Gasteiger partial charge in [0.15, 0.2) is 0 Å². The molecule has 1 heterocycles. The molecule has 6 heteroatoms. The molecule has 1 aromatic heterocycles. The Labute approximate surface area is 161 Å². The third-order valence-electron chi connectivity index (χ3n) is 5.01. The fourth-order valence-electron chi connectivity index (χ4n) is 3.75. The highest BCUT2D eigenvalue weighted by atomic mass is 16.3. The molecule has 0 atom stereocenters. The van der Waals surface area contributed by atoms with Crippen molar-refractivity contribution in [2.24, 2.45) is 4.99 Å². The van der Waals surface area contributed by atoms with Gasteiger partial charge in [0.2, 0.25) is 5.88 Å². The molecule has 2 N–H and O–H groups in total. The normalized spacial score (nSPS) is 13.2. The molecule has 28 heavy (non-hydrogen) atoms. The summed E-state index contributed by atoms with van der Waals surface area (Å²) in [6.45, 7) is 3.81. The first-order valence-electron chi connectivity index (χ1n) is 9.25. The van der Waals surface area contributed by atoms with E-state index in [4.69, 9.17) is 0 Å². The minimum Gasteiger partial charge on any atom is -0.493 e. The molecule has 0 amide bonds. The smallest absolute Gasteiger partial charge is 0.335 e. The fourth-order valence-corrected chi connectivity index (χ4v) is 3.75. The Morgan fingerprint density at radius 2 is 1.75 bits per heavy atom. The molecule has 0 radical (unpaired) electrons. The van der Waals surface area contributed by atoms with Gasteiger partial charge in [-0.2, -0.15) is 0 Å². The van der Waals surface area contributed by atoms with Crippen LogP contribution in [0.4, 0.5) is 5.69 Å². The molecule has 6 nitrogen and oxygen atoms in total. The Hall–Kier alpha value is -3.41. The third-order valence-corrected chi connectivity index (χ3v) is 5.01. The molecule has 0 aliphatic heterocycles. The summed E-state index contributed by atoms with van der Waals surface area (Å²) in [6, 6.07) is 11.5. The van der Waals surface area contributed by atoms with E-state index in [-0.39, 0.29) is 5.56 Å². The van der Waals surface area contributed by atoms with Crippen LogP contribution in [-0.4, -0.2) is 20.9 Å². The summed E-state index contributed by atoms with van der Waals surface area (Å²) in [5.41, 5.74) is 4.28. The molecule has 142 valence electrons. The van der Waals surface area contributed by atoms with Gasteiger partial charge >= 0.3 is 5.69 Å². The van der Waals surface area contributed by atoms with E-state index in [0.717, 1.165) is 35.0 Å². The second-order valence-corrected chi connectivity index (χ2v) is 7.24. The molecule has 0 spiro atoms. The first-order valence-corrected chi connectivity index (χ1v) is 9.25. The van der Waals surface area contributed by atoms with E-state index >= 15 is 0 Å². The van der Waals surface area contributed by atoms with Gasteiger partial charge < -0.3 is 5.11 Å². The summed E-state index contributed by atoms with van der Waals surface area (Å²) < 4.78 is 1.09. The topological polar surface area (TPSA) is 87.4 Å². The number of nitrogens with one attached hydrogen (secondary N) is 1. The Morgan fingerprint density at radius 3 is 2.50 bits per heavy atom. The van der Waals surface area contributed by atoms with Gasteiger partial charge in [0, 0.05) is 6.21 Å². The van der Waals surface area contributed by atoms with E-state index in [1.807, 2.05) is 32.0 Å². The molecule has 0 saturated carbocycles. The zero-order valence-corrected chi connectivity index (χ0v) is 15.8. The van der Waals surface area contributed by atoms with Crippen molar-refractivity contribution in [3.8, 4) is 11.6 Å². The number of H-pyrrole nitrogens is 1. The molecule has 0 bridgehead atoms. The van der Waals surface area contributed by atoms with Gasteiger partial charge in [-0.25, -0.2) is 9.36 Å². The third kappa shape index (κ3) is 3.29. The summed E-state index contributed by atoms with van der Waals surface area (Å²) in [7, 11) is 0. The molecule has 2 aromatic carbocycles. The Balaban J connectivity index is 1.79. The maximum atomic E-state index is 12.3. The Kier molecular flexibility index (Phi) is 4.47. The van der Waals surface area contributed by atoms with Crippen molar-refractivity contribution >= 4 is 11.9 Å². The Bertz CT molecular complexity index is 1200. The highest BCUT2D eigenvalue weighted by Crippen LogP contribution is 2.26. The molecule has 0 unspecified atom stereocenters. The number of hydrogen-bond donors (Lipinski definition) is 2. The number of rotatable bonds is 3. The fraction of sp³-hybridized carbons (Fsp3) is 0.227. The minimum absolute atomic E-state index is 0.0562. The molecule has 0 saturated heterocycles. The van der Waals surface area contributed by atoms with Gasteiger partial charge in [-0.15, -0.1) is 0 Å². The van der Waals surface area contributed by atoms with Gasteiger partial charge in [0.1, 0.15) is 5.56 Å². The summed E-state index contributed by atoms with van der Waals surface area (Å²) in [6.07, 6.45) is 4.57. The summed E-state index contributed by atoms with van der Waals surface area (Å²) in [5, 5.41) is 10.7. The van der Waals surface area contributed by atoms with E-state index in [1.54, 1.807) is 12.1 Å². The summed E-state index contributed by atoms with van der Waals surface area (Å²) in [5.74, 6) is -0.427. The largest absolute Gasteiger partial charge is 0.493 e. The minimum atomic E-state index is -0.692. The monoisotopic (exact) mass is 375 g/mol. The number of aromatic amines is 1. The predicted molar refractivity (Wildman–Crippen MR) is 110 cm³/mol. The van der Waals surface area contributed by atoms with Crippen molar-refractivity contribution < 1.29 is 5.11 Å². The lowest BCUT2D eigenvalue weighted by Crippen LogP contribution is -2.31. The Morgan fingerprint density at radius 1 is 1.04 bits per heavy atom. The number of aromatic nitrogens is 2. The average molecular weight is 375 g/mol. The molecular formula is C22H21N3O3. The van der Waals surface area contributed by atoms with Crippen LogP contribution < -0.4 is 11.2 Å². The highest BCUT2D eigenvalue weighted by molar-refractivity contribution is 5.84. The number of aromatic hydroxyl groups is 1. The van der Waals surface area contributed by atoms with Gasteiger partial charge in [-0.3, -0.25) is 14.8 Å². The van der Waals surface area contributed by atoms with E-state index in [9.17, 15) is 14.7 Å². The molecule has 1 aliphatic carbocycles. The first kappa shape index (κ1) is 18.0. The number of hydrogen-bond acceptors (Lipinski definition) is 4. The van der Waals surface area contributed by atoms with Crippen LogP contribution in [-0.2, 0) is 12.8 Å². The van der Waals surface area contributed by atoms with Crippen LogP contribution >= 0.6 is 0 Å². The van der Waals surface area contributed by atoms with Gasteiger partial charge in [-0.05, 0) is 79.6 Å². The van der Waals surface area contributed by atoms with Gasteiger partial charge in [-0.1, -0.05) is 12.1 Å². The SMILES string of the molecule is Cc1cc(C)cc(-n2c(O)c(C=Nc3ccc4c(c3)CCC4)c(=O)[nH]c2=O)c1. The molecule has 1 aliphatic rings. The maximum absolute atomic E-state index is 12.3. The van der Waals surface area contributed by atoms with Crippen molar-refractivity contribution in [2.75, 3.05) is 0 Å². The van der Waals surface area contributed by atoms with Crippen molar-refractivity contribution in [3.63, 3.8) is 0 Å². The highest BCUT2D eigenvalue weighted by Gasteiger charge is 2.15. The number of fused-ring (bicyclic) bond motifs is 1. The predicted octanol–water partition coefficient (Wildman–Crippen LogP) is 3.09. The number of benzene rings is 2. The lowest BCUT2D eigenvalue weighted by molar-refractivity contribution is 0.430. The molecule has 0 fully saturated rings. The second-order valence-electron chi connectivity index (χ2n) is 7.24. The van der Waals surface area contributed by atoms with Crippen LogP contribution in [0.15, 0.2) is 51.0 Å². The van der Waals surface area contributed by atoms with Crippen molar-refractivity contribution in [3.05, 3.63) is 85.1 Å². The summed E-state index contributed by atoms with van der Waals surface area (Å²) >= 11 is 0. The van der Waals surface area contributed by atoms with Crippen LogP contribution in [0.25, 0.3) is 5.69 Å². The van der Waals surface area contributed by atoms with Crippen molar-refractivity contribution in [1.29, 1.82) is 0 Å². The first-order chi connectivity index (χ1) is 13.4.